The molecule has 4 aromatic rings. The minimum atomic E-state index is 0.239. The lowest BCUT2D eigenvalue weighted by Crippen LogP contribution is -2.36. The Morgan fingerprint density at radius 1 is 0.760 bits per heavy atom. The molecule has 0 amide bonds. The number of anilines is 1. The number of hydrogen-bond acceptors (Lipinski definition) is 1. The fourth-order valence-electron chi connectivity index (χ4n) is 4.12. The molecule has 25 heavy (non-hydrogen) atoms. The number of nitrogens with one attached hydrogen (secondary N) is 1. The van der Waals surface area contributed by atoms with Crippen LogP contribution in [0.1, 0.15) is 22.7 Å². The standard InChI is InChI=1S/C23H20N2/c1-2-9-18(10-3-1)25-15-14-17-8-4-5-11-19(17)23(25)21-16-24-22-13-7-6-12-20(21)22/h1-13,16,23-24H,14-15H2/t23-/m1/s1. The van der Waals surface area contributed by atoms with Gasteiger partial charge in [0.2, 0.25) is 0 Å². The Balaban J connectivity index is 1.73. The first-order valence-electron chi connectivity index (χ1n) is 8.87. The lowest BCUT2D eigenvalue weighted by Gasteiger charge is -2.39. The number of aromatic nitrogens is 1. The zero-order chi connectivity index (χ0) is 16.6. The van der Waals surface area contributed by atoms with Crippen LogP contribution in [0.4, 0.5) is 5.69 Å². The highest BCUT2D eigenvalue weighted by Gasteiger charge is 2.30. The van der Waals surface area contributed by atoms with Crippen molar-refractivity contribution < 1.29 is 0 Å². The van der Waals surface area contributed by atoms with Gasteiger partial charge in [-0.05, 0) is 35.7 Å². The van der Waals surface area contributed by atoms with E-state index in [4.69, 9.17) is 0 Å². The Bertz CT molecular complexity index is 1020. The third-order valence-electron chi connectivity index (χ3n) is 5.29. The summed E-state index contributed by atoms with van der Waals surface area (Å²) < 4.78 is 0. The van der Waals surface area contributed by atoms with Crippen molar-refractivity contribution in [1.82, 2.24) is 4.98 Å². The van der Waals surface area contributed by atoms with Crippen molar-refractivity contribution in [3.63, 3.8) is 0 Å². The van der Waals surface area contributed by atoms with Gasteiger partial charge in [-0.2, -0.15) is 0 Å². The predicted molar refractivity (Wildman–Crippen MR) is 104 cm³/mol. The first kappa shape index (κ1) is 14.4. The van der Waals surface area contributed by atoms with Crippen LogP contribution in [0.5, 0.6) is 0 Å². The second-order valence-corrected chi connectivity index (χ2v) is 6.67. The number of fused-ring (bicyclic) bond motifs is 2. The average Bonchev–Trinajstić information content (AvgIpc) is 3.11. The number of aromatic amines is 1. The average molecular weight is 324 g/mol. The van der Waals surface area contributed by atoms with Gasteiger partial charge in [0, 0.05) is 34.9 Å². The fraction of sp³-hybridized carbons (Fsp3) is 0.130. The van der Waals surface area contributed by atoms with Crippen LogP contribution in [0, 0.1) is 0 Å². The monoisotopic (exact) mass is 324 g/mol. The lowest BCUT2D eigenvalue weighted by atomic mass is 9.87. The molecule has 0 bridgehead atoms. The number of hydrogen-bond donors (Lipinski definition) is 1. The lowest BCUT2D eigenvalue weighted by molar-refractivity contribution is 0.656. The normalized spacial score (nSPS) is 16.8. The van der Waals surface area contributed by atoms with Crippen molar-refractivity contribution in [3.05, 3.63) is 102 Å². The second-order valence-electron chi connectivity index (χ2n) is 6.67. The Morgan fingerprint density at radius 3 is 2.44 bits per heavy atom. The van der Waals surface area contributed by atoms with Gasteiger partial charge in [0.25, 0.3) is 0 Å². The van der Waals surface area contributed by atoms with Gasteiger partial charge >= 0.3 is 0 Å². The number of rotatable bonds is 2. The molecular formula is C23H20N2. The maximum Gasteiger partial charge on any atom is 0.0819 e. The van der Waals surface area contributed by atoms with Crippen LogP contribution < -0.4 is 4.90 Å². The van der Waals surface area contributed by atoms with E-state index in [1.807, 2.05) is 0 Å². The van der Waals surface area contributed by atoms with Crippen molar-refractivity contribution in [2.45, 2.75) is 12.5 Å². The van der Waals surface area contributed by atoms with E-state index < -0.39 is 0 Å². The molecular weight excluding hydrogens is 304 g/mol. The van der Waals surface area contributed by atoms with Gasteiger partial charge in [-0.25, -0.2) is 0 Å². The summed E-state index contributed by atoms with van der Waals surface area (Å²) in [5.41, 5.74) is 6.72. The van der Waals surface area contributed by atoms with Crippen molar-refractivity contribution in [2.75, 3.05) is 11.4 Å². The summed E-state index contributed by atoms with van der Waals surface area (Å²) in [6.07, 6.45) is 3.28. The van der Waals surface area contributed by atoms with Crippen molar-refractivity contribution in [1.29, 1.82) is 0 Å². The predicted octanol–water partition coefficient (Wildman–Crippen LogP) is 5.32. The molecule has 0 saturated heterocycles. The van der Waals surface area contributed by atoms with Crippen LogP contribution in [-0.2, 0) is 6.42 Å². The smallest absolute Gasteiger partial charge is 0.0819 e. The summed E-state index contributed by atoms with van der Waals surface area (Å²) in [7, 11) is 0. The Kier molecular flexibility index (Phi) is 3.34. The van der Waals surface area contributed by atoms with Gasteiger partial charge in [-0.15, -0.1) is 0 Å². The Hall–Kier alpha value is -3.00. The van der Waals surface area contributed by atoms with Crippen LogP contribution in [0.2, 0.25) is 0 Å². The van der Waals surface area contributed by atoms with E-state index in [0.29, 0.717) is 0 Å². The molecule has 0 aliphatic carbocycles. The molecule has 2 nitrogen and oxygen atoms in total. The third kappa shape index (κ3) is 2.33. The zero-order valence-corrected chi connectivity index (χ0v) is 14.0. The number of para-hydroxylation sites is 2. The molecule has 1 atom stereocenters. The number of H-pyrrole nitrogens is 1. The van der Waals surface area contributed by atoms with Gasteiger partial charge in [0.05, 0.1) is 6.04 Å². The van der Waals surface area contributed by atoms with E-state index in [1.165, 1.54) is 33.3 Å². The molecule has 3 aromatic carbocycles. The van der Waals surface area contributed by atoms with E-state index in [2.05, 4.69) is 94.9 Å². The summed E-state index contributed by atoms with van der Waals surface area (Å²) in [5.74, 6) is 0. The Morgan fingerprint density at radius 2 is 1.52 bits per heavy atom. The van der Waals surface area contributed by atoms with Crippen LogP contribution in [0.25, 0.3) is 10.9 Å². The molecule has 1 aromatic heterocycles. The van der Waals surface area contributed by atoms with Crippen molar-refractivity contribution in [3.8, 4) is 0 Å². The number of benzene rings is 3. The van der Waals surface area contributed by atoms with Crippen LogP contribution in [0.3, 0.4) is 0 Å². The van der Waals surface area contributed by atoms with Gasteiger partial charge in [-0.3, -0.25) is 0 Å². The molecule has 0 radical (unpaired) electrons. The molecule has 2 heteroatoms. The summed E-state index contributed by atoms with van der Waals surface area (Å²) in [6.45, 7) is 1.03. The number of nitrogens with zero attached hydrogens (tertiary/aromatic N) is 1. The van der Waals surface area contributed by atoms with Gasteiger partial charge in [0.15, 0.2) is 0 Å². The highest BCUT2D eigenvalue weighted by molar-refractivity contribution is 5.85. The van der Waals surface area contributed by atoms with Gasteiger partial charge in [-0.1, -0.05) is 60.7 Å². The van der Waals surface area contributed by atoms with E-state index in [1.54, 1.807) is 0 Å². The quantitative estimate of drug-likeness (QED) is 0.529. The van der Waals surface area contributed by atoms with E-state index in [0.717, 1.165) is 13.0 Å². The van der Waals surface area contributed by atoms with Crippen molar-refractivity contribution >= 4 is 16.6 Å². The van der Waals surface area contributed by atoms with E-state index in [-0.39, 0.29) is 6.04 Å². The van der Waals surface area contributed by atoms with Crippen LogP contribution in [0.15, 0.2) is 85.1 Å². The molecule has 122 valence electrons. The molecule has 0 saturated carbocycles. The summed E-state index contributed by atoms with van der Waals surface area (Å²) in [6, 6.07) is 28.5. The van der Waals surface area contributed by atoms with Gasteiger partial charge in [0.1, 0.15) is 0 Å². The molecule has 0 unspecified atom stereocenters. The topological polar surface area (TPSA) is 19.0 Å². The first-order valence-corrected chi connectivity index (χ1v) is 8.87. The molecule has 0 fully saturated rings. The fourth-order valence-corrected chi connectivity index (χ4v) is 4.12. The second kappa shape index (κ2) is 5.82. The SMILES string of the molecule is c1ccc(N2CCc3ccccc3[C@@H]2c2c[nH]c3ccccc23)cc1. The van der Waals surface area contributed by atoms with E-state index >= 15 is 0 Å². The van der Waals surface area contributed by atoms with Gasteiger partial charge < -0.3 is 9.88 Å². The molecule has 1 N–H and O–H groups in total. The molecule has 0 spiro atoms. The van der Waals surface area contributed by atoms with Crippen LogP contribution in [-0.4, -0.2) is 11.5 Å². The summed E-state index contributed by atoms with van der Waals surface area (Å²) in [5, 5.41) is 1.31. The van der Waals surface area contributed by atoms with E-state index in [9.17, 15) is 0 Å². The largest absolute Gasteiger partial charge is 0.361 e. The highest BCUT2D eigenvalue weighted by Crippen LogP contribution is 2.40. The first-order chi connectivity index (χ1) is 12.4. The minimum absolute atomic E-state index is 0.239. The van der Waals surface area contributed by atoms with Crippen LogP contribution >= 0.6 is 0 Å². The minimum Gasteiger partial charge on any atom is -0.361 e. The molecule has 1 aliphatic rings. The molecule has 1 aliphatic heterocycles. The highest BCUT2D eigenvalue weighted by atomic mass is 15.2. The Labute approximate surface area is 147 Å². The maximum absolute atomic E-state index is 3.46. The summed E-state index contributed by atoms with van der Waals surface area (Å²) in [4.78, 5) is 6.00. The molecule has 2 heterocycles. The maximum atomic E-state index is 3.46. The third-order valence-corrected chi connectivity index (χ3v) is 5.29. The molecule has 5 rings (SSSR count). The van der Waals surface area contributed by atoms with Crippen molar-refractivity contribution in [2.24, 2.45) is 0 Å². The zero-order valence-electron chi connectivity index (χ0n) is 14.0. The summed E-state index contributed by atoms with van der Waals surface area (Å²) >= 11 is 0.